The maximum atomic E-state index is 5.17. The lowest BCUT2D eigenvalue weighted by molar-refractivity contribution is 1.33. The van der Waals surface area contributed by atoms with E-state index in [2.05, 4.69) is 181 Å². The van der Waals surface area contributed by atoms with Crippen LogP contribution in [0.1, 0.15) is 0 Å². The fourth-order valence-corrected chi connectivity index (χ4v) is 8.80. The summed E-state index contributed by atoms with van der Waals surface area (Å²) >= 11 is 0. The first kappa shape index (κ1) is 30.5. The molecular formula is C52H32N2. The number of pyridine rings is 2. The van der Waals surface area contributed by atoms with Crippen molar-refractivity contribution in [2.75, 3.05) is 0 Å². The second kappa shape index (κ2) is 12.2. The first-order valence-electron chi connectivity index (χ1n) is 18.5. The molecule has 11 aromatic rings. The normalized spacial score (nSPS) is 11.7. The minimum absolute atomic E-state index is 0.996. The third kappa shape index (κ3) is 4.67. The van der Waals surface area contributed by atoms with Crippen LogP contribution < -0.4 is 0 Å². The van der Waals surface area contributed by atoms with Gasteiger partial charge in [-0.05, 0) is 123 Å². The van der Waals surface area contributed by atoms with E-state index in [-0.39, 0.29) is 0 Å². The number of fused-ring (bicyclic) bond motifs is 8. The van der Waals surface area contributed by atoms with Gasteiger partial charge in [-0.1, -0.05) is 146 Å². The second-order valence-corrected chi connectivity index (χ2v) is 14.1. The Labute approximate surface area is 312 Å². The van der Waals surface area contributed by atoms with Crippen molar-refractivity contribution < 1.29 is 0 Å². The van der Waals surface area contributed by atoms with Crippen LogP contribution in [-0.4, -0.2) is 9.97 Å². The largest absolute Gasteiger partial charge is 0.265 e. The predicted octanol–water partition coefficient (Wildman–Crippen LogP) is 14.1. The number of aromatic nitrogens is 2. The molecule has 0 atom stereocenters. The Kier molecular flexibility index (Phi) is 6.90. The highest BCUT2D eigenvalue weighted by molar-refractivity contribution is 6.26. The molecule has 250 valence electrons. The summed E-state index contributed by atoms with van der Waals surface area (Å²) in [6, 6.07) is 64.1. The molecule has 0 radical (unpaired) electrons. The van der Waals surface area contributed by atoms with E-state index >= 15 is 0 Å². The third-order valence-electron chi connectivity index (χ3n) is 11.2. The molecular weight excluding hydrogens is 653 g/mol. The van der Waals surface area contributed by atoms with E-state index in [1.54, 1.807) is 0 Å². The lowest BCUT2D eigenvalue weighted by Gasteiger charge is -2.20. The summed E-state index contributed by atoms with van der Waals surface area (Å²) in [7, 11) is 0. The van der Waals surface area contributed by atoms with Crippen LogP contribution in [0.25, 0.3) is 109 Å². The summed E-state index contributed by atoms with van der Waals surface area (Å²) in [5, 5.41) is 13.5. The van der Waals surface area contributed by atoms with Gasteiger partial charge in [0, 0.05) is 29.5 Å². The van der Waals surface area contributed by atoms with Gasteiger partial charge < -0.3 is 0 Å². The minimum atomic E-state index is 0.996. The molecule has 0 saturated heterocycles. The van der Waals surface area contributed by atoms with E-state index in [4.69, 9.17) is 4.98 Å². The maximum absolute atomic E-state index is 5.17. The number of rotatable bonds is 4. The van der Waals surface area contributed by atoms with Crippen LogP contribution in [0.2, 0.25) is 0 Å². The Balaban J connectivity index is 1.23. The molecule has 54 heavy (non-hydrogen) atoms. The van der Waals surface area contributed by atoms with Crippen LogP contribution in [0, 0.1) is 0 Å². The summed E-state index contributed by atoms with van der Waals surface area (Å²) in [5.41, 5.74) is 10.5. The number of benzene rings is 9. The first-order chi connectivity index (χ1) is 26.8. The van der Waals surface area contributed by atoms with Gasteiger partial charge in [0.25, 0.3) is 0 Å². The Morgan fingerprint density at radius 1 is 0.278 bits per heavy atom. The van der Waals surface area contributed by atoms with E-state index in [1.165, 1.54) is 87.2 Å². The molecule has 11 rings (SSSR count). The van der Waals surface area contributed by atoms with Crippen molar-refractivity contribution in [3.05, 3.63) is 195 Å². The van der Waals surface area contributed by atoms with Gasteiger partial charge in [-0.15, -0.1) is 0 Å². The standard InChI is InChI=1S/C52H32N2/c1-2-11-33(12-3-1)36-21-23-44-49(31-36)50(35-26-29-53-30-27-35)41-17-8-9-18-42(41)51(44)43-24-25-46(52-45(43)19-10-28-54-52)48-32-47-37-14-5-4-13-34(37)20-22-40(47)38-15-6-7-16-39(38)48/h1-32H. The quantitative estimate of drug-likeness (QED) is 0.136. The highest BCUT2D eigenvalue weighted by Crippen LogP contribution is 2.48. The molecule has 2 heteroatoms. The highest BCUT2D eigenvalue weighted by atomic mass is 14.7. The SMILES string of the molecule is c1ccc(-c2ccc3c(-c4ccc(-c5cc6c7ccccc7ccc6c6ccccc56)c5ncccc45)c4ccccc4c(-c4ccncc4)c3c2)cc1. The van der Waals surface area contributed by atoms with E-state index < -0.39 is 0 Å². The van der Waals surface area contributed by atoms with E-state index in [9.17, 15) is 0 Å². The Hall–Kier alpha value is -7.16. The summed E-state index contributed by atoms with van der Waals surface area (Å²) in [5.74, 6) is 0. The van der Waals surface area contributed by atoms with Crippen molar-refractivity contribution in [1.82, 2.24) is 9.97 Å². The van der Waals surface area contributed by atoms with E-state index in [0.717, 1.165) is 22.0 Å². The van der Waals surface area contributed by atoms with Crippen molar-refractivity contribution in [2.45, 2.75) is 0 Å². The fourth-order valence-electron chi connectivity index (χ4n) is 8.80. The third-order valence-corrected chi connectivity index (χ3v) is 11.2. The predicted molar refractivity (Wildman–Crippen MR) is 229 cm³/mol. The average Bonchev–Trinajstić information content (AvgIpc) is 3.25. The summed E-state index contributed by atoms with van der Waals surface area (Å²) < 4.78 is 0. The van der Waals surface area contributed by atoms with Gasteiger partial charge in [-0.3, -0.25) is 9.97 Å². The first-order valence-corrected chi connectivity index (χ1v) is 18.5. The van der Waals surface area contributed by atoms with Gasteiger partial charge in [0.05, 0.1) is 5.52 Å². The summed E-state index contributed by atoms with van der Waals surface area (Å²) in [6.45, 7) is 0. The molecule has 0 aliphatic carbocycles. The zero-order valence-electron chi connectivity index (χ0n) is 29.4. The van der Waals surface area contributed by atoms with E-state index in [0.29, 0.717) is 0 Å². The van der Waals surface area contributed by atoms with Crippen LogP contribution in [-0.2, 0) is 0 Å². The van der Waals surface area contributed by atoms with Gasteiger partial charge in [0.2, 0.25) is 0 Å². The molecule has 0 bridgehead atoms. The van der Waals surface area contributed by atoms with Crippen molar-refractivity contribution in [1.29, 1.82) is 0 Å². The summed E-state index contributed by atoms with van der Waals surface area (Å²) in [4.78, 5) is 9.54. The van der Waals surface area contributed by atoms with Gasteiger partial charge in [0.15, 0.2) is 0 Å². The van der Waals surface area contributed by atoms with Gasteiger partial charge in [-0.2, -0.15) is 0 Å². The van der Waals surface area contributed by atoms with Crippen LogP contribution >= 0.6 is 0 Å². The molecule has 9 aromatic carbocycles. The Bertz CT molecular complexity index is 3260. The molecule has 2 nitrogen and oxygen atoms in total. The lowest BCUT2D eigenvalue weighted by Crippen LogP contribution is -1.94. The van der Waals surface area contributed by atoms with Crippen molar-refractivity contribution >= 4 is 64.8 Å². The van der Waals surface area contributed by atoms with Crippen molar-refractivity contribution in [3.8, 4) is 44.5 Å². The van der Waals surface area contributed by atoms with Crippen molar-refractivity contribution in [2.24, 2.45) is 0 Å². The molecule has 0 spiro atoms. The zero-order chi connectivity index (χ0) is 35.6. The number of hydrogen-bond acceptors (Lipinski definition) is 2. The molecule has 0 saturated carbocycles. The van der Waals surface area contributed by atoms with Gasteiger partial charge >= 0.3 is 0 Å². The van der Waals surface area contributed by atoms with Crippen molar-refractivity contribution in [3.63, 3.8) is 0 Å². The van der Waals surface area contributed by atoms with Crippen LogP contribution in [0.15, 0.2) is 195 Å². The van der Waals surface area contributed by atoms with Crippen LogP contribution in [0.3, 0.4) is 0 Å². The number of hydrogen-bond donors (Lipinski definition) is 0. The fraction of sp³-hybridized carbons (Fsp3) is 0. The molecule has 2 aromatic heterocycles. The smallest absolute Gasteiger partial charge is 0.0786 e. The molecule has 0 unspecified atom stereocenters. The lowest BCUT2D eigenvalue weighted by atomic mass is 9.83. The zero-order valence-corrected chi connectivity index (χ0v) is 29.4. The summed E-state index contributed by atoms with van der Waals surface area (Å²) in [6.07, 6.45) is 5.72. The molecule has 0 aliphatic heterocycles. The van der Waals surface area contributed by atoms with E-state index in [1.807, 2.05) is 18.6 Å². The highest BCUT2D eigenvalue weighted by Gasteiger charge is 2.21. The van der Waals surface area contributed by atoms with Gasteiger partial charge in [0.1, 0.15) is 0 Å². The Morgan fingerprint density at radius 3 is 1.74 bits per heavy atom. The van der Waals surface area contributed by atoms with Crippen LogP contribution in [0.5, 0.6) is 0 Å². The van der Waals surface area contributed by atoms with Gasteiger partial charge in [-0.25, -0.2) is 0 Å². The second-order valence-electron chi connectivity index (χ2n) is 14.1. The topological polar surface area (TPSA) is 25.8 Å². The molecule has 0 amide bonds. The minimum Gasteiger partial charge on any atom is -0.265 e. The maximum Gasteiger partial charge on any atom is 0.0786 e. The molecule has 2 heterocycles. The average molecular weight is 685 g/mol. The Morgan fingerprint density at radius 2 is 0.907 bits per heavy atom. The molecule has 0 N–H and O–H groups in total. The molecule has 0 fully saturated rings. The molecule has 0 aliphatic rings. The monoisotopic (exact) mass is 684 g/mol. The van der Waals surface area contributed by atoms with Crippen LogP contribution in [0.4, 0.5) is 0 Å². The number of nitrogens with zero attached hydrogens (tertiary/aromatic N) is 2.